The molecule has 0 atom stereocenters. The lowest BCUT2D eigenvalue weighted by molar-refractivity contribution is 0.244. The number of benzene rings is 1. The van der Waals surface area contributed by atoms with E-state index in [1.165, 1.54) is 0 Å². The van der Waals surface area contributed by atoms with Crippen molar-refractivity contribution >= 4 is 5.95 Å². The third-order valence-electron chi connectivity index (χ3n) is 4.39. The van der Waals surface area contributed by atoms with Crippen LogP contribution in [0.15, 0.2) is 30.6 Å². The van der Waals surface area contributed by atoms with E-state index < -0.39 is 0 Å². The molecule has 0 radical (unpaired) electrons. The van der Waals surface area contributed by atoms with Crippen LogP contribution in [0.25, 0.3) is 0 Å². The molecule has 0 amide bonds. The van der Waals surface area contributed by atoms with Gasteiger partial charge in [0.1, 0.15) is 5.75 Å². The predicted molar refractivity (Wildman–Crippen MR) is 95.6 cm³/mol. The summed E-state index contributed by atoms with van der Waals surface area (Å²) in [6, 6.07) is 5.70. The molecule has 0 N–H and O–H groups in total. The van der Waals surface area contributed by atoms with E-state index in [1.807, 2.05) is 18.2 Å². The number of nitrogens with zero attached hydrogens (tertiary/aromatic N) is 4. The third kappa shape index (κ3) is 3.93. The maximum Gasteiger partial charge on any atom is 0.225 e. The van der Waals surface area contributed by atoms with E-state index in [2.05, 4.69) is 19.8 Å². The quantitative estimate of drug-likeness (QED) is 0.792. The van der Waals surface area contributed by atoms with Crippen molar-refractivity contribution in [2.45, 2.75) is 6.54 Å². The molecular formula is C18H24N4O3. The molecule has 1 fully saturated rings. The molecule has 2 aromatic rings. The Balaban J connectivity index is 1.67. The van der Waals surface area contributed by atoms with Crippen LogP contribution in [0, 0.1) is 0 Å². The van der Waals surface area contributed by atoms with Gasteiger partial charge in [-0.15, -0.1) is 0 Å². The number of ether oxygens (including phenoxy) is 3. The minimum Gasteiger partial charge on any atom is -0.496 e. The number of aromatic nitrogens is 2. The zero-order valence-electron chi connectivity index (χ0n) is 14.9. The van der Waals surface area contributed by atoms with E-state index in [0.717, 1.165) is 55.7 Å². The highest BCUT2D eigenvalue weighted by molar-refractivity contribution is 5.50. The number of hydrogen-bond acceptors (Lipinski definition) is 7. The molecule has 0 aliphatic carbocycles. The Morgan fingerprint density at radius 1 is 0.840 bits per heavy atom. The van der Waals surface area contributed by atoms with Gasteiger partial charge in [0, 0.05) is 56.7 Å². The summed E-state index contributed by atoms with van der Waals surface area (Å²) in [6.45, 7) is 4.48. The topological polar surface area (TPSA) is 60.0 Å². The molecule has 2 heterocycles. The highest BCUT2D eigenvalue weighted by Crippen LogP contribution is 2.35. The zero-order valence-corrected chi connectivity index (χ0v) is 14.9. The fourth-order valence-electron chi connectivity index (χ4n) is 3.02. The van der Waals surface area contributed by atoms with Crippen molar-refractivity contribution in [2.24, 2.45) is 0 Å². The molecule has 25 heavy (non-hydrogen) atoms. The van der Waals surface area contributed by atoms with Gasteiger partial charge in [-0.3, -0.25) is 4.90 Å². The van der Waals surface area contributed by atoms with Gasteiger partial charge < -0.3 is 19.1 Å². The lowest BCUT2D eigenvalue weighted by Gasteiger charge is -2.34. The van der Waals surface area contributed by atoms with Gasteiger partial charge in [0.25, 0.3) is 0 Å². The molecule has 134 valence electrons. The molecule has 0 saturated carbocycles. The molecular weight excluding hydrogens is 320 g/mol. The summed E-state index contributed by atoms with van der Waals surface area (Å²) < 4.78 is 16.3. The molecule has 0 unspecified atom stereocenters. The lowest BCUT2D eigenvalue weighted by atomic mass is 10.1. The molecule has 0 bridgehead atoms. The van der Waals surface area contributed by atoms with Crippen LogP contribution in [0.4, 0.5) is 5.95 Å². The highest BCUT2D eigenvalue weighted by Gasteiger charge is 2.21. The number of piperazine rings is 1. The van der Waals surface area contributed by atoms with Crippen molar-refractivity contribution in [3.63, 3.8) is 0 Å². The molecule has 1 aromatic heterocycles. The van der Waals surface area contributed by atoms with Crippen LogP contribution >= 0.6 is 0 Å². The van der Waals surface area contributed by atoms with Crippen LogP contribution in [0.2, 0.25) is 0 Å². The monoisotopic (exact) mass is 344 g/mol. The molecule has 0 spiro atoms. The van der Waals surface area contributed by atoms with Crippen LogP contribution in [0.5, 0.6) is 17.2 Å². The van der Waals surface area contributed by atoms with Crippen molar-refractivity contribution in [1.82, 2.24) is 14.9 Å². The van der Waals surface area contributed by atoms with Crippen LogP contribution in [-0.4, -0.2) is 62.4 Å². The average molecular weight is 344 g/mol. The largest absolute Gasteiger partial charge is 0.496 e. The summed E-state index contributed by atoms with van der Waals surface area (Å²) in [5, 5.41) is 0. The van der Waals surface area contributed by atoms with Crippen LogP contribution in [-0.2, 0) is 6.54 Å². The molecule has 1 aliphatic heterocycles. The summed E-state index contributed by atoms with van der Waals surface area (Å²) in [5.41, 5.74) is 1.09. The Hall–Kier alpha value is -2.54. The second-order valence-electron chi connectivity index (χ2n) is 5.83. The standard InChI is InChI=1S/C18H24N4O3/c1-23-15-12-17(25-3)16(24-2)11-14(15)13-21-7-9-22(10-8-21)18-19-5-4-6-20-18/h4-6,11-12H,7-10,13H2,1-3H3. The summed E-state index contributed by atoms with van der Waals surface area (Å²) in [7, 11) is 4.95. The highest BCUT2D eigenvalue weighted by atomic mass is 16.5. The maximum absolute atomic E-state index is 5.53. The second-order valence-corrected chi connectivity index (χ2v) is 5.83. The van der Waals surface area contributed by atoms with Crippen LogP contribution in [0.3, 0.4) is 0 Å². The van der Waals surface area contributed by atoms with Gasteiger partial charge in [0.05, 0.1) is 21.3 Å². The number of rotatable bonds is 6. The Morgan fingerprint density at radius 3 is 2.04 bits per heavy atom. The fourth-order valence-corrected chi connectivity index (χ4v) is 3.02. The Morgan fingerprint density at radius 2 is 1.44 bits per heavy atom. The normalized spacial score (nSPS) is 15.1. The summed E-state index contributed by atoms with van der Waals surface area (Å²) in [5.74, 6) is 3.00. The van der Waals surface area contributed by atoms with Gasteiger partial charge in [-0.2, -0.15) is 0 Å². The Bertz CT molecular complexity index is 688. The van der Waals surface area contributed by atoms with Crippen molar-refractivity contribution in [2.75, 3.05) is 52.4 Å². The van der Waals surface area contributed by atoms with Crippen LogP contribution < -0.4 is 19.1 Å². The summed E-state index contributed by atoms with van der Waals surface area (Å²) >= 11 is 0. The van der Waals surface area contributed by atoms with Crippen molar-refractivity contribution in [3.05, 3.63) is 36.2 Å². The minimum absolute atomic E-state index is 0.675. The Labute approximate surface area is 148 Å². The van der Waals surface area contributed by atoms with E-state index in [-0.39, 0.29) is 0 Å². The van der Waals surface area contributed by atoms with Crippen molar-refractivity contribution < 1.29 is 14.2 Å². The minimum atomic E-state index is 0.675. The first-order valence-electron chi connectivity index (χ1n) is 8.28. The first-order valence-corrected chi connectivity index (χ1v) is 8.28. The molecule has 1 aromatic carbocycles. The van der Waals surface area contributed by atoms with E-state index in [9.17, 15) is 0 Å². The van der Waals surface area contributed by atoms with Gasteiger partial charge >= 0.3 is 0 Å². The molecule has 7 nitrogen and oxygen atoms in total. The van der Waals surface area contributed by atoms with E-state index in [0.29, 0.717) is 5.75 Å². The second kappa shape index (κ2) is 8.02. The number of hydrogen-bond donors (Lipinski definition) is 0. The Kier molecular flexibility index (Phi) is 5.55. The lowest BCUT2D eigenvalue weighted by Crippen LogP contribution is -2.46. The third-order valence-corrected chi connectivity index (χ3v) is 4.39. The summed E-state index contributed by atoms with van der Waals surface area (Å²) in [6.07, 6.45) is 3.56. The van der Waals surface area contributed by atoms with Crippen molar-refractivity contribution in [3.8, 4) is 17.2 Å². The maximum atomic E-state index is 5.53. The molecule has 3 rings (SSSR count). The van der Waals surface area contributed by atoms with E-state index >= 15 is 0 Å². The molecule has 7 heteroatoms. The van der Waals surface area contributed by atoms with Gasteiger partial charge in [-0.05, 0) is 12.1 Å². The van der Waals surface area contributed by atoms with Gasteiger partial charge in [-0.25, -0.2) is 9.97 Å². The number of methoxy groups -OCH3 is 3. The predicted octanol–water partition coefficient (Wildman–Crippen LogP) is 1.82. The first kappa shape index (κ1) is 17.3. The summed E-state index contributed by atoms with van der Waals surface area (Å²) in [4.78, 5) is 13.3. The fraction of sp³-hybridized carbons (Fsp3) is 0.444. The average Bonchev–Trinajstić information content (AvgIpc) is 2.69. The SMILES string of the molecule is COc1cc(OC)c(OC)cc1CN1CCN(c2ncccn2)CC1. The van der Waals surface area contributed by atoms with Gasteiger partial charge in [0.2, 0.25) is 5.95 Å². The van der Waals surface area contributed by atoms with Gasteiger partial charge in [-0.1, -0.05) is 0 Å². The zero-order chi connectivity index (χ0) is 17.6. The first-order chi connectivity index (χ1) is 12.2. The van der Waals surface area contributed by atoms with Crippen molar-refractivity contribution in [1.29, 1.82) is 0 Å². The van der Waals surface area contributed by atoms with E-state index in [4.69, 9.17) is 14.2 Å². The van der Waals surface area contributed by atoms with E-state index in [1.54, 1.807) is 33.7 Å². The number of anilines is 1. The molecule has 1 aliphatic rings. The molecule has 1 saturated heterocycles. The van der Waals surface area contributed by atoms with Gasteiger partial charge in [0.15, 0.2) is 11.5 Å². The van der Waals surface area contributed by atoms with Crippen LogP contribution in [0.1, 0.15) is 5.56 Å². The smallest absolute Gasteiger partial charge is 0.225 e.